The Morgan fingerprint density at radius 2 is 2.18 bits per heavy atom. The first-order chi connectivity index (χ1) is 16.2. The Kier molecular flexibility index (Phi) is 6.35. The molecule has 0 aromatic carbocycles. The smallest absolute Gasteiger partial charge is 0.223 e. The predicted molar refractivity (Wildman–Crippen MR) is 125 cm³/mol. The fourth-order valence-electron chi connectivity index (χ4n) is 4.71. The van der Waals surface area contributed by atoms with Crippen LogP contribution in [0.5, 0.6) is 0 Å². The number of hydrogen-bond acceptors (Lipinski definition) is 6. The Labute approximate surface area is 193 Å². The third kappa shape index (κ3) is 5.06. The Hall–Kier alpha value is -3.26. The number of amides is 1. The molecular formula is C25H30N6O2. The van der Waals surface area contributed by atoms with Crippen molar-refractivity contribution < 1.29 is 9.53 Å². The zero-order valence-electron chi connectivity index (χ0n) is 19.0. The summed E-state index contributed by atoms with van der Waals surface area (Å²) in [6.07, 6.45) is 7.24. The zero-order chi connectivity index (χ0) is 22.6. The quantitative estimate of drug-likeness (QED) is 0.600. The van der Waals surface area contributed by atoms with Crippen LogP contribution in [0.2, 0.25) is 0 Å². The van der Waals surface area contributed by atoms with Crippen LogP contribution in [-0.4, -0.2) is 50.7 Å². The highest BCUT2D eigenvalue weighted by molar-refractivity contribution is 5.76. The topological polar surface area (TPSA) is 96.0 Å². The van der Waals surface area contributed by atoms with Crippen molar-refractivity contribution in [1.29, 1.82) is 0 Å². The summed E-state index contributed by atoms with van der Waals surface area (Å²) >= 11 is 0. The van der Waals surface area contributed by atoms with Gasteiger partial charge in [-0.15, -0.1) is 0 Å². The van der Waals surface area contributed by atoms with Gasteiger partial charge in [-0.2, -0.15) is 5.10 Å². The molecule has 33 heavy (non-hydrogen) atoms. The molecule has 5 rings (SSSR count). The number of aromatic nitrogens is 4. The number of rotatable bonds is 6. The SMILES string of the molecule is Cc1cc(Nc2ccccn2)cc(C2CN(C(=O)CCc3n[nH]c4c3CCCC4)CCO2)n1. The van der Waals surface area contributed by atoms with Gasteiger partial charge >= 0.3 is 0 Å². The maximum atomic E-state index is 13.0. The highest BCUT2D eigenvalue weighted by Crippen LogP contribution is 2.26. The van der Waals surface area contributed by atoms with Crippen LogP contribution in [0.25, 0.3) is 0 Å². The predicted octanol–water partition coefficient (Wildman–Crippen LogP) is 3.66. The van der Waals surface area contributed by atoms with Crippen LogP contribution in [0.1, 0.15) is 53.7 Å². The van der Waals surface area contributed by atoms with Gasteiger partial charge in [-0.25, -0.2) is 4.98 Å². The molecule has 4 heterocycles. The standard InChI is InChI=1S/C25H30N6O2/c1-17-14-18(28-24-8-4-5-11-26-24)15-22(27-17)23-16-31(12-13-33-23)25(32)10-9-21-19-6-2-3-7-20(19)29-30-21/h4-5,8,11,14-15,23H,2-3,6-7,9-10,12-13,16H2,1H3,(H,29,30)(H,26,27,28). The molecule has 172 valence electrons. The van der Waals surface area contributed by atoms with Crippen molar-refractivity contribution in [3.05, 3.63) is 64.9 Å². The molecule has 2 N–H and O–H groups in total. The number of hydrogen-bond donors (Lipinski definition) is 2. The van der Waals surface area contributed by atoms with Gasteiger partial charge in [-0.1, -0.05) is 6.07 Å². The molecule has 8 nitrogen and oxygen atoms in total. The summed E-state index contributed by atoms with van der Waals surface area (Å²) in [5, 5.41) is 11.0. The number of carbonyl (C=O) groups is 1. The van der Waals surface area contributed by atoms with Gasteiger partial charge in [0.15, 0.2) is 0 Å². The molecule has 1 unspecified atom stereocenters. The van der Waals surface area contributed by atoms with E-state index in [9.17, 15) is 4.79 Å². The van der Waals surface area contributed by atoms with Gasteiger partial charge in [0.2, 0.25) is 5.91 Å². The van der Waals surface area contributed by atoms with E-state index in [2.05, 4.69) is 20.5 Å². The van der Waals surface area contributed by atoms with Crippen LogP contribution in [-0.2, 0) is 28.8 Å². The van der Waals surface area contributed by atoms with Crippen molar-refractivity contribution >= 4 is 17.4 Å². The maximum absolute atomic E-state index is 13.0. The number of morpholine rings is 1. The third-order valence-electron chi connectivity index (χ3n) is 6.38. The first-order valence-corrected chi connectivity index (χ1v) is 11.8. The van der Waals surface area contributed by atoms with E-state index in [-0.39, 0.29) is 12.0 Å². The molecule has 0 bridgehead atoms. The second kappa shape index (κ2) is 9.70. The minimum atomic E-state index is -0.245. The van der Waals surface area contributed by atoms with Gasteiger partial charge in [-0.05, 0) is 62.4 Å². The van der Waals surface area contributed by atoms with E-state index in [4.69, 9.17) is 9.72 Å². The summed E-state index contributed by atoms with van der Waals surface area (Å²) in [6, 6.07) is 9.71. The number of pyridine rings is 2. The van der Waals surface area contributed by atoms with E-state index in [1.54, 1.807) is 6.20 Å². The molecule has 3 aromatic heterocycles. The van der Waals surface area contributed by atoms with Gasteiger partial charge in [0.25, 0.3) is 0 Å². The van der Waals surface area contributed by atoms with E-state index < -0.39 is 0 Å². The molecule has 1 saturated heterocycles. The molecule has 1 aliphatic carbocycles. The van der Waals surface area contributed by atoms with Crippen molar-refractivity contribution in [2.45, 2.75) is 51.6 Å². The monoisotopic (exact) mass is 446 g/mol. The summed E-state index contributed by atoms with van der Waals surface area (Å²) in [7, 11) is 0. The van der Waals surface area contributed by atoms with Crippen molar-refractivity contribution in [3.8, 4) is 0 Å². The van der Waals surface area contributed by atoms with Gasteiger partial charge in [0.1, 0.15) is 11.9 Å². The molecule has 1 fully saturated rings. The molecule has 2 aliphatic rings. The average Bonchev–Trinajstić information content (AvgIpc) is 3.26. The van der Waals surface area contributed by atoms with Crippen LogP contribution in [0.4, 0.5) is 11.5 Å². The minimum Gasteiger partial charge on any atom is -0.368 e. The fourth-order valence-corrected chi connectivity index (χ4v) is 4.71. The summed E-state index contributed by atoms with van der Waals surface area (Å²) in [6.45, 7) is 3.59. The van der Waals surface area contributed by atoms with Crippen molar-refractivity contribution in [2.75, 3.05) is 25.0 Å². The number of nitrogens with one attached hydrogen (secondary N) is 2. The molecule has 0 radical (unpaired) electrons. The molecule has 1 atom stereocenters. The van der Waals surface area contributed by atoms with Crippen LogP contribution >= 0.6 is 0 Å². The summed E-state index contributed by atoms with van der Waals surface area (Å²) in [5.74, 6) is 0.923. The Morgan fingerprint density at radius 1 is 1.27 bits per heavy atom. The summed E-state index contributed by atoms with van der Waals surface area (Å²) in [5.41, 5.74) is 6.29. The molecule has 0 saturated carbocycles. The van der Waals surface area contributed by atoms with Crippen molar-refractivity contribution in [2.24, 2.45) is 0 Å². The Bertz CT molecular complexity index is 1110. The first kappa shape index (κ1) is 21.6. The number of nitrogens with zero attached hydrogens (tertiary/aromatic N) is 4. The second-order valence-corrected chi connectivity index (χ2v) is 8.80. The Balaban J connectivity index is 1.23. The van der Waals surface area contributed by atoms with Gasteiger partial charge in [0.05, 0.1) is 24.5 Å². The van der Waals surface area contributed by atoms with Crippen LogP contribution in [0.15, 0.2) is 36.5 Å². The fraction of sp³-hybridized carbons (Fsp3) is 0.440. The number of anilines is 2. The average molecular weight is 447 g/mol. The minimum absolute atomic E-state index is 0.148. The second-order valence-electron chi connectivity index (χ2n) is 8.80. The lowest BCUT2D eigenvalue weighted by atomic mass is 9.94. The lowest BCUT2D eigenvalue weighted by Gasteiger charge is -2.33. The van der Waals surface area contributed by atoms with Crippen LogP contribution in [0.3, 0.4) is 0 Å². The van der Waals surface area contributed by atoms with Crippen molar-refractivity contribution in [3.63, 3.8) is 0 Å². The number of fused-ring (bicyclic) bond motifs is 1. The molecule has 1 amide bonds. The van der Waals surface area contributed by atoms with E-state index in [0.29, 0.717) is 32.5 Å². The van der Waals surface area contributed by atoms with E-state index >= 15 is 0 Å². The van der Waals surface area contributed by atoms with E-state index in [0.717, 1.165) is 41.4 Å². The molecule has 1 aliphatic heterocycles. The van der Waals surface area contributed by atoms with E-state index in [1.807, 2.05) is 42.2 Å². The van der Waals surface area contributed by atoms with Crippen LogP contribution < -0.4 is 5.32 Å². The largest absolute Gasteiger partial charge is 0.368 e. The van der Waals surface area contributed by atoms with Gasteiger partial charge in [0, 0.05) is 42.7 Å². The zero-order valence-corrected chi connectivity index (χ0v) is 19.0. The number of aromatic amines is 1. The molecule has 8 heteroatoms. The Morgan fingerprint density at radius 3 is 3.06 bits per heavy atom. The van der Waals surface area contributed by atoms with Gasteiger partial charge < -0.3 is 15.0 Å². The molecular weight excluding hydrogens is 416 g/mol. The number of aryl methyl sites for hydroxylation is 3. The number of carbonyl (C=O) groups excluding carboxylic acids is 1. The van der Waals surface area contributed by atoms with Crippen molar-refractivity contribution in [1.82, 2.24) is 25.1 Å². The molecule has 3 aromatic rings. The lowest BCUT2D eigenvalue weighted by molar-refractivity contribution is -0.139. The number of ether oxygens (including phenoxy) is 1. The highest BCUT2D eigenvalue weighted by Gasteiger charge is 2.27. The normalized spacial score (nSPS) is 18.1. The molecule has 0 spiro atoms. The van der Waals surface area contributed by atoms with Crippen LogP contribution in [0, 0.1) is 6.92 Å². The third-order valence-corrected chi connectivity index (χ3v) is 6.38. The number of H-pyrrole nitrogens is 1. The van der Waals surface area contributed by atoms with Gasteiger partial charge in [-0.3, -0.25) is 14.9 Å². The lowest BCUT2D eigenvalue weighted by Crippen LogP contribution is -2.42. The summed E-state index contributed by atoms with van der Waals surface area (Å²) < 4.78 is 6.01. The first-order valence-electron chi connectivity index (χ1n) is 11.8. The van der Waals surface area contributed by atoms with E-state index in [1.165, 1.54) is 24.1 Å². The maximum Gasteiger partial charge on any atom is 0.223 e. The summed E-state index contributed by atoms with van der Waals surface area (Å²) in [4.78, 5) is 23.9. The highest BCUT2D eigenvalue weighted by atomic mass is 16.5.